The van der Waals surface area contributed by atoms with Crippen LogP contribution in [0.5, 0.6) is 0 Å². The Kier molecular flexibility index (Phi) is 7.22. The van der Waals surface area contributed by atoms with E-state index in [-0.39, 0.29) is 24.2 Å². The van der Waals surface area contributed by atoms with Crippen LogP contribution in [0.25, 0.3) is 0 Å². The van der Waals surface area contributed by atoms with Crippen LogP contribution in [0.3, 0.4) is 0 Å². The lowest BCUT2D eigenvalue weighted by atomic mass is 10.2. The first kappa shape index (κ1) is 21.7. The van der Waals surface area contributed by atoms with E-state index in [1.165, 1.54) is 11.8 Å². The topological polar surface area (TPSA) is 61.8 Å². The third-order valence-electron chi connectivity index (χ3n) is 4.12. The van der Waals surface area contributed by atoms with Crippen molar-refractivity contribution in [1.29, 1.82) is 0 Å². The number of amides is 2. The minimum atomic E-state index is -0.526. The highest BCUT2D eigenvalue weighted by atomic mass is 35.5. The van der Waals surface area contributed by atoms with E-state index in [2.05, 4.69) is 10.3 Å². The third-order valence-corrected chi connectivity index (χ3v) is 5.85. The molecule has 1 N–H and O–H groups in total. The summed E-state index contributed by atoms with van der Waals surface area (Å²) >= 11 is 13.3. The lowest BCUT2D eigenvalue weighted by Gasteiger charge is -2.18. The van der Waals surface area contributed by atoms with Gasteiger partial charge in [0.25, 0.3) is 0 Å². The number of carbonyl (C=O) groups is 2. The van der Waals surface area contributed by atoms with Gasteiger partial charge in [-0.2, -0.15) is 0 Å². The fourth-order valence-electron chi connectivity index (χ4n) is 2.83. The second kappa shape index (κ2) is 9.65. The van der Waals surface area contributed by atoms with Crippen molar-refractivity contribution in [3.63, 3.8) is 0 Å². The Balaban J connectivity index is 1.74. The molecule has 2 aromatic carbocycles. The van der Waals surface area contributed by atoms with Gasteiger partial charge in [0, 0.05) is 18.0 Å². The number of rotatable bonds is 6. The van der Waals surface area contributed by atoms with Crippen LogP contribution in [0.2, 0.25) is 10.0 Å². The number of para-hydroxylation sites is 1. The summed E-state index contributed by atoms with van der Waals surface area (Å²) in [6.45, 7) is 4.64. The number of aliphatic imine (C=N–C) groups is 1. The van der Waals surface area contributed by atoms with Crippen molar-refractivity contribution < 1.29 is 9.59 Å². The number of hydrogen-bond acceptors (Lipinski definition) is 4. The monoisotopic (exact) mass is 449 g/mol. The molecule has 0 saturated carbocycles. The summed E-state index contributed by atoms with van der Waals surface area (Å²) in [6.07, 6.45) is 0.0326. The molecule has 3 rings (SSSR count). The van der Waals surface area contributed by atoms with Gasteiger partial charge in [-0.15, -0.1) is 0 Å². The van der Waals surface area contributed by atoms with Gasteiger partial charge in [0.05, 0.1) is 16.4 Å². The Hall–Kier alpha value is -2.02. The fourth-order valence-corrected chi connectivity index (χ4v) is 4.45. The predicted molar refractivity (Wildman–Crippen MR) is 121 cm³/mol. The molecule has 29 heavy (non-hydrogen) atoms. The maximum atomic E-state index is 12.9. The number of carbonyl (C=O) groups excluding carboxylic acids is 2. The minimum Gasteiger partial charge on any atom is -0.325 e. The number of nitrogens with zero attached hydrogens (tertiary/aromatic N) is 2. The fraction of sp³-hybridized carbons (Fsp3) is 0.286. The van der Waals surface area contributed by atoms with Gasteiger partial charge in [-0.05, 0) is 36.2 Å². The highest BCUT2D eigenvalue weighted by Crippen LogP contribution is 2.33. The largest absolute Gasteiger partial charge is 0.325 e. The van der Waals surface area contributed by atoms with E-state index < -0.39 is 5.25 Å². The van der Waals surface area contributed by atoms with E-state index in [1.807, 2.05) is 44.2 Å². The summed E-state index contributed by atoms with van der Waals surface area (Å²) in [7, 11) is 0. The SMILES string of the molecule is CC(C)CN1C(=O)C(CC(=O)Nc2ccc(Cl)cc2Cl)SC1=Nc1ccccc1. The van der Waals surface area contributed by atoms with Crippen LogP contribution in [-0.2, 0) is 9.59 Å². The van der Waals surface area contributed by atoms with Crippen LogP contribution in [-0.4, -0.2) is 33.7 Å². The number of benzene rings is 2. The first-order valence-electron chi connectivity index (χ1n) is 9.20. The molecule has 5 nitrogen and oxygen atoms in total. The highest BCUT2D eigenvalue weighted by molar-refractivity contribution is 8.15. The molecule has 1 aliphatic heterocycles. The maximum absolute atomic E-state index is 12.9. The van der Waals surface area contributed by atoms with Crippen LogP contribution < -0.4 is 5.32 Å². The van der Waals surface area contributed by atoms with E-state index in [1.54, 1.807) is 23.1 Å². The standard InChI is InChI=1S/C21H21Cl2N3O2S/c1-13(2)12-26-20(28)18(29-21(26)24-15-6-4-3-5-7-15)11-19(27)25-17-9-8-14(22)10-16(17)23/h3-10,13,18H,11-12H2,1-2H3,(H,25,27). The quantitative estimate of drug-likeness (QED) is 0.622. The molecule has 0 spiro atoms. The van der Waals surface area contributed by atoms with Crippen LogP contribution in [0.1, 0.15) is 20.3 Å². The van der Waals surface area contributed by atoms with Crippen molar-refractivity contribution in [2.45, 2.75) is 25.5 Å². The van der Waals surface area contributed by atoms with E-state index in [4.69, 9.17) is 23.2 Å². The molecule has 1 saturated heterocycles. The normalized spacial score (nSPS) is 18.0. The van der Waals surface area contributed by atoms with Gasteiger partial charge in [0.15, 0.2) is 5.17 Å². The Morgan fingerprint density at radius 3 is 2.59 bits per heavy atom. The molecule has 0 bridgehead atoms. The van der Waals surface area contributed by atoms with Gasteiger partial charge in [-0.25, -0.2) is 4.99 Å². The summed E-state index contributed by atoms with van der Waals surface area (Å²) in [5.41, 5.74) is 1.24. The molecule has 1 atom stereocenters. The second-order valence-electron chi connectivity index (χ2n) is 7.06. The molecule has 0 radical (unpaired) electrons. The zero-order valence-electron chi connectivity index (χ0n) is 16.1. The maximum Gasteiger partial charge on any atom is 0.242 e. The molecular weight excluding hydrogens is 429 g/mol. The molecule has 1 aliphatic rings. The number of halogens is 2. The number of nitrogens with one attached hydrogen (secondary N) is 1. The Labute approximate surface area is 184 Å². The van der Waals surface area contributed by atoms with Crippen LogP contribution in [0.15, 0.2) is 53.5 Å². The Bertz CT molecular complexity index is 935. The lowest BCUT2D eigenvalue weighted by Crippen LogP contribution is -2.36. The summed E-state index contributed by atoms with van der Waals surface area (Å²) in [4.78, 5) is 31.8. The van der Waals surface area contributed by atoms with E-state index in [0.29, 0.717) is 27.4 Å². The Morgan fingerprint density at radius 1 is 1.21 bits per heavy atom. The number of amidine groups is 1. The first-order chi connectivity index (χ1) is 13.8. The number of hydrogen-bond donors (Lipinski definition) is 1. The molecule has 1 unspecified atom stereocenters. The van der Waals surface area contributed by atoms with Crippen molar-refractivity contribution in [3.8, 4) is 0 Å². The van der Waals surface area contributed by atoms with Gasteiger partial charge >= 0.3 is 0 Å². The van der Waals surface area contributed by atoms with E-state index in [9.17, 15) is 9.59 Å². The summed E-state index contributed by atoms with van der Waals surface area (Å²) in [5, 5.41) is 3.69. The van der Waals surface area contributed by atoms with Gasteiger partial charge < -0.3 is 5.32 Å². The summed E-state index contributed by atoms with van der Waals surface area (Å²) in [6, 6.07) is 14.3. The zero-order chi connectivity index (χ0) is 21.0. The van der Waals surface area contributed by atoms with Crippen molar-refractivity contribution in [1.82, 2.24) is 4.90 Å². The molecule has 1 heterocycles. The minimum absolute atomic E-state index is 0.0326. The van der Waals surface area contributed by atoms with Crippen LogP contribution in [0, 0.1) is 5.92 Å². The molecule has 2 aromatic rings. The molecule has 152 valence electrons. The highest BCUT2D eigenvalue weighted by Gasteiger charge is 2.39. The van der Waals surface area contributed by atoms with Crippen LogP contribution in [0.4, 0.5) is 11.4 Å². The number of thioether (sulfide) groups is 1. The predicted octanol–water partition coefficient (Wildman–Crippen LogP) is 5.61. The van der Waals surface area contributed by atoms with E-state index >= 15 is 0 Å². The van der Waals surface area contributed by atoms with Crippen LogP contribution >= 0.6 is 35.0 Å². The lowest BCUT2D eigenvalue weighted by molar-refractivity contribution is -0.128. The van der Waals surface area contributed by atoms with E-state index in [0.717, 1.165) is 5.69 Å². The van der Waals surface area contributed by atoms with Gasteiger partial charge in [-0.3, -0.25) is 14.5 Å². The number of anilines is 1. The molecule has 1 fully saturated rings. The molecule has 2 amide bonds. The van der Waals surface area contributed by atoms with Crippen molar-refractivity contribution in [2.75, 3.05) is 11.9 Å². The summed E-state index contributed by atoms with van der Waals surface area (Å²) in [5.74, 6) is -0.109. The van der Waals surface area contributed by atoms with Gasteiger partial charge in [0.1, 0.15) is 5.25 Å². The van der Waals surface area contributed by atoms with Crippen molar-refractivity contribution in [3.05, 3.63) is 58.6 Å². The smallest absolute Gasteiger partial charge is 0.242 e. The van der Waals surface area contributed by atoms with Crippen molar-refractivity contribution >= 4 is 63.3 Å². The molecule has 0 aliphatic carbocycles. The molecule has 8 heteroatoms. The summed E-state index contributed by atoms with van der Waals surface area (Å²) < 4.78 is 0. The van der Waals surface area contributed by atoms with Gasteiger partial charge in [0.2, 0.25) is 11.8 Å². The van der Waals surface area contributed by atoms with Crippen molar-refractivity contribution in [2.24, 2.45) is 10.9 Å². The first-order valence-corrected chi connectivity index (χ1v) is 10.8. The molecule has 0 aromatic heterocycles. The third kappa shape index (κ3) is 5.75. The zero-order valence-corrected chi connectivity index (χ0v) is 18.4. The second-order valence-corrected chi connectivity index (χ2v) is 9.07. The Morgan fingerprint density at radius 2 is 1.93 bits per heavy atom. The van der Waals surface area contributed by atoms with Gasteiger partial charge in [-0.1, -0.05) is 67.0 Å². The average molecular weight is 450 g/mol. The molecular formula is C21H21Cl2N3O2S. The average Bonchev–Trinajstić information content (AvgIpc) is 2.93.